The molecule has 4 aromatic rings. The summed E-state index contributed by atoms with van der Waals surface area (Å²) < 4.78 is 31.9. The molecular formula is C24H18O4S. The molecule has 2 N–H and O–H groups in total. The second-order valence-corrected chi connectivity index (χ2v) is 8.07. The summed E-state index contributed by atoms with van der Waals surface area (Å²) in [4.78, 5) is -0.161. The second-order valence-electron chi connectivity index (χ2n) is 6.65. The van der Waals surface area contributed by atoms with E-state index in [0.717, 1.165) is 22.3 Å². The van der Waals surface area contributed by atoms with E-state index >= 15 is 0 Å². The fourth-order valence-electron chi connectivity index (χ4n) is 3.30. The Morgan fingerprint density at radius 1 is 0.552 bits per heavy atom. The molecule has 0 aliphatic carbocycles. The molecule has 4 aromatic carbocycles. The summed E-state index contributed by atoms with van der Waals surface area (Å²) in [5.74, 6) is 0.181. The lowest BCUT2D eigenvalue weighted by atomic mass is 9.92. The zero-order chi connectivity index (χ0) is 20.4. The molecule has 0 heterocycles. The van der Waals surface area contributed by atoms with Gasteiger partial charge in [-0.2, -0.15) is 8.42 Å². The first-order valence-corrected chi connectivity index (χ1v) is 10.4. The number of phenolic OH excluding ortho intramolecular Hbond substituents is 1. The lowest BCUT2D eigenvalue weighted by molar-refractivity contribution is 0.479. The Morgan fingerprint density at radius 3 is 1.41 bits per heavy atom. The van der Waals surface area contributed by atoms with E-state index in [4.69, 9.17) is 0 Å². The molecule has 0 aliphatic heterocycles. The van der Waals surface area contributed by atoms with Crippen LogP contribution in [0.1, 0.15) is 0 Å². The fourth-order valence-corrected chi connectivity index (χ4v) is 3.78. The average Bonchev–Trinajstić information content (AvgIpc) is 2.75. The minimum atomic E-state index is -4.25. The van der Waals surface area contributed by atoms with Crippen molar-refractivity contribution >= 4 is 10.1 Å². The molecule has 144 valence electrons. The van der Waals surface area contributed by atoms with Gasteiger partial charge in [-0.3, -0.25) is 4.55 Å². The van der Waals surface area contributed by atoms with Gasteiger partial charge in [0.15, 0.2) is 0 Å². The largest absolute Gasteiger partial charge is 0.507 e. The highest BCUT2D eigenvalue weighted by Gasteiger charge is 2.15. The summed E-state index contributed by atoms with van der Waals surface area (Å²) in [5.41, 5.74) is 4.70. The highest BCUT2D eigenvalue weighted by Crippen LogP contribution is 2.41. The van der Waals surface area contributed by atoms with Gasteiger partial charge in [0.1, 0.15) is 5.75 Å². The maximum atomic E-state index is 11.3. The van der Waals surface area contributed by atoms with E-state index in [-0.39, 0.29) is 10.6 Å². The molecule has 0 radical (unpaired) electrons. The van der Waals surface area contributed by atoms with Crippen molar-refractivity contribution in [1.82, 2.24) is 0 Å². The van der Waals surface area contributed by atoms with Crippen LogP contribution in [0, 0.1) is 0 Å². The summed E-state index contributed by atoms with van der Waals surface area (Å²) in [6.45, 7) is 0. The van der Waals surface area contributed by atoms with Crippen molar-refractivity contribution in [3.8, 4) is 39.1 Å². The van der Waals surface area contributed by atoms with E-state index in [2.05, 4.69) is 0 Å². The first kappa shape index (κ1) is 18.9. The van der Waals surface area contributed by atoms with Crippen LogP contribution in [0.5, 0.6) is 5.75 Å². The molecule has 0 amide bonds. The molecule has 29 heavy (non-hydrogen) atoms. The average molecular weight is 402 g/mol. The molecule has 0 aliphatic rings. The van der Waals surface area contributed by atoms with Crippen molar-refractivity contribution in [2.45, 2.75) is 4.90 Å². The van der Waals surface area contributed by atoms with Gasteiger partial charge in [0.05, 0.1) is 4.90 Å². The Kier molecular flexibility index (Phi) is 4.92. The summed E-state index contributed by atoms with van der Waals surface area (Å²) in [6.07, 6.45) is 0. The highest BCUT2D eigenvalue weighted by molar-refractivity contribution is 7.85. The molecule has 0 fully saturated rings. The molecule has 4 nitrogen and oxygen atoms in total. The van der Waals surface area contributed by atoms with Crippen LogP contribution < -0.4 is 0 Å². The van der Waals surface area contributed by atoms with Crippen LogP contribution in [0.3, 0.4) is 0 Å². The van der Waals surface area contributed by atoms with Gasteiger partial charge in [-0.1, -0.05) is 72.8 Å². The molecule has 0 bridgehead atoms. The molecule has 0 atom stereocenters. The fraction of sp³-hybridized carbons (Fsp3) is 0. The third kappa shape index (κ3) is 3.92. The van der Waals surface area contributed by atoms with E-state index in [1.165, 1.54) is 12.1 Å². The molecule has 4 rings (SSSR count). The van der Waals surface area contributed by atoms with Crippen LogP contribution in [0.2, 0.25) is 0 Å². The SMILES string of the molecule is O=S(=O)(O)c1ccc(-c2cc(-c3ccccc3)c(O)c(-c3ccccc3)c2)cc1. The summed E-state index contributed by atoms with van der Waals surface area (Å²) in [5, 5.41) is 11.0. The van der Waals surface area contributed by atoms with Crippen LogP contribution >= 0.6 is 0 Å². The van der Waals surface area contributed by atoms with Crippen molar-refractivity contribution < 1.29 is 18.1 Å². The predicted octanol–water partition coefficient (Wildman–Crippen LogP) is 5.64. The summed E-state index contributed by atoms with van der Waals surface area (Å²) in [6, 6.07) is 28.9. The number of hydrogen-bond donors (Lipinski definition) is 2. The highest BCUT2D eigenvalue weighted by atomic mass is 32.2. The second kappa shape index (κ2) is 7.54. The first-order chi connectivity index (χ1) is 13.9. The van der Waals surface area contributed by atoms with Gasteiger partial charge in [-0.25, -0.2) is 0 Å². The van der Waals surface area contributed by atoms with Gasteiger partial charge in [-0.15, -0.1) is 0 Å². The van der Waals surface area contributed by atoms with Gasteiger partial charge in [0, 0.05) is 11.1 Å². The van der Waals surface area contributed by atoms with Crippen LogP contribution in [0.15, 0.2) is 102 Å². The van der Waals surface area contributed by atoms with Crippen molar-refractivity contribution in [3.63, 3.8) is 0 Å². The third-order valence-electron chi connectivity index (χ3n) is 4.77. The molecule has 0 aromatic heterocycles. The van der Waals surface area contributed by atoms with E-state index < -0.39 is 10.1 Å². The Morgan fingerprint density at radius 2 is 1.00 bits per heavy atom. The topological polar surface area (TPSA) is 74.6 Å². The third-order valence-corrected chi connectivity index (χ3v) is 5.63. The van der Waals surface area contributed by atoms with Gasteiger partial charge < -0.3 is 5.11 Å². The first-order valence-electron chi connectivity index (χ1n) is 8.99. The van der Waals surface area contributed by atoms with Crippen LogP contribution in [0.25, 0.3) is 33.4 Å². The van der Waals surface area contributed by atoms with Gasteiger partial charge in [-0.05, 0) is 46.5 Å². The minimum Gasteiger partial charge on any atom is -0.507 e. The van der Waals surface area contributed by atoms with Gasteiger partial charge in [0.25, 0.3) is 10.1 Å². The number of benzene rings is 4. The van der Waals surface area contributed by atoms with Gasteiger partial charge in [0.2, 0.25) is 0 Å². The lowest BCUT2D eigenvalue weighted by Crippen LogP contribution is -1.97. The normalized spacial score (nSPS) is 11.3. The van der Waals surface area contributed by atoms with E-state index in [0.29, 0.717) is 11.1 Å². The zero-order valence-electron chi connectivity index (χ0n) is 15.4. The van der Waals surface area contributed by atoms with Crippen molar-refractivity contribution in [3.05, 3.63) is 97.1 Å². The Hall–Kier alpha value is -3.41. The van der Waals surface area contributed by atoms with Gasteiger partial charge >= 0.3 is 0 Å². The summed E-state index contributed by atoms with van der Waals surface area (Å²) in [7, 11) is -4.25. The zero-order valence-corrected chi connectivity index (χ0v) is 16.2. The molecular weight excluding hydrogens is 384 g/mol. The maximum absolute atomic E-state index is 11.3. The van der Waals surface area contributed by atoms with Crippen molar-refractivity contribution in [2.24, 2.45) is 0 Å². The molecule has 5 heteroatoms. The summed E-state index contributed by atoms with van der Waals surface area (Å²) >= 11 is 0. The molecule has 0 saturated carbocycles. The van der Waals surface area contributed by atoms with Crippen molar-refractivity contribution in [2.75, 3.05) is 0 Å². The molecule has 0 spiro atoms. The number of phenols is 1. The van der Waals surface area contributed by atoms with Crippen LogP contribution in [0.4, 0.5) is 0 Å². The minimum absolute atomic E-state index is 0.161. The Labute approximate surface area is 169 Å². The number of rotatable bonds is 4. The predicted molar refractivity (Wildman–Crippen MR) is 114 cm³/mol. The van der Waals surface area contributed by atoms with E-state index in [1.807, 2.05) is 72.8 Å². The lowest BCUT2D eigenvalue weighted by Gasteiger charge is -2.14. The quantitative estimate of drug-likeness (QED) is 0.433. The monoisotopic (exact) mass is 402 g/mol. The number of aromatic hydroxyl groups is 1. The Balaban J connectivity index is 1.93. The Bertz CT molecular complexity index is 1190. The smallest absolute Gasteiger partial charge is 0.294 e. The standard InChI is InChI=1S/C24H18O4S/c25-24-22(18-7-3-1-4-8-18)15-20(16-23(24)19-9-5-2-6-10-19)17-11-13-21(14-12-17)29(26,27)28/h1-16,25H,(H,26,27,28). The molecule has 0 saturated heterocycles. The maximum Gasteiger partial charge on any atom is 0.294 e. The van der Waals surface area contributed by atoms with E-state index in [9.17, 15) is 18.1 Å². The van der Waals surface area contributed by atoms with E-state index in [1.54, 1.807) is 12.1 Å². The van der Waals surface area contributed by atoms with Crippen LogP contribution in [-0.4, -0.2) is 18.1 Å². The van der Waals surface area contributed by atoms with Crippen LogP contribution in [-0.2, 0) is 10.1 Å². The van der Waals surface area contributed by atoms with Crippen molar-refractivity contribution in [1.29, 1.82) is 0 Å². The number of hydrogen-bond acceptors (Lipinski definition) is 3. The molecule has 0 unspecified atom stereocenters.